The van der Waals surface area contributed by atoms with E-state index in [1.807, 2.05) is 49.4 Å². The Hall–Kier alpha value is -3.79. The van der Waals surface area contributed by atoms with Gasteiger partial charge in [0.05, 0.1) is 6.61 Å². The molecule has 0 saturated carbocycles. The molecule has 34 heavy (non-hydrogen) atoms. The lowest BCUT2D eigenvalue weighted by Crippen LogP contribution is -2.00. The van der Waals surface area contributed by atoms with Crippen molar-refractivity contribution in [3.05, 3.63) is 120 Å². The van der Waals surface area contributed by atoms with Crippen molar-refractivity contribution in [2.45, 2.75) is 19.8 Å². The molecule has 0 aliphatic rings. The summed E-state index contributed by atoms with van der Waals surface area (Å²) < 4.78 is 48.9. The van der Waals surface area contributed by atoms with Gasteiger partial charge in [0.15, 0.2) is 23.2 Å². The maximum absolute atomic E-state index is 14.8. The summed E-state index contributed by atoms with van der Waals surface area (Å²) in [4.78, 5) is 0. The molecule has 4 heteroatoms. The molecular formula is C30H25F3O. The lowest BCUT2D eigenvalue weighted by atomic mass is 9.97. The Morgan fingerprint density at radius 2 is 1.41 bits per heavy atom. The number of hydrogen-bond donors (Lipinski definition) is 0. The summed E-state index contributed by atoms with van der Waals surface area (Å²) in [5, 5.41) is 0. The van der Waals surface area contributed by atoms with Crippen molar-refractivity contribution in [1.82, 2.24) is 0 Å². The van der Waals surface area contributed by atoms with Crippen molar-refractivity contribution in [2.24, 2.45) is 0 Å². The molecule has 0 aromatic heterocycles. The van der Waals surface area contributed by atoms with Crippen LogP contribution in [0.5, 0.6) is 5.75 Å². The van der Waals surface area contributed by atoms with Crippen molar-refractivity contribution in [3.63, 3.8) is 0 Å². The molecule has 172 valence electrons. The van der Waals surface area contributed by atoms with Gasteiger partial charge in [-0.15, -0.1) is 0 Å². The van der Waals surface area contributed by atoms with E-state index >= 15 is 0 Å². The first-order valence-electron chi connectivity index (χ1n) is 11.2. The summed E-state index contributed by atoms with van der Waals surface area (Å²) in [5.41, 5.74) is 4.71. The van der Waals surface area contributed by atoms with Crippen LogP contribution in [0.15, 0.2) is 85.4 Å². The molecule has 0 fully saturated rings. The molecule has 0 radical (unpaired) electrons. The van der Waals surface area contributed by atoms with Crippen molar-refractivity contribution >= 4 is 6.08 Å². The lowest BCUT2D eigenvalue weighted by molar-refractivity contribution is 0.321. The quantitative estimate of drug-likeness (QED) is 0.258. The lowest BCUT2D eigenvalue weighted by Gasteiger charge is -2.10. The summed E-state index contributed by atoms with van der Waals surface area (Å²) in [7, 11) is 0. The third-order valence-electron chi connectivity index (χ3n) is 5.82. The van der Waals surface area contributed by atoms with Crippen LogP contribution in [0.3, 0.4) is 0 Å². The van der Waals surface area contributed by atoms with Crippen molar-refractivity contribution in [2.75, 3.05) is 6.61 Å². The molecule has 0 amide bonds. The Balaban J connectivity index is 1.45. The summed E-state index contributed by atoms with van der Waals surface area (Å²) in [6.07, 6.45) is 2.63. The maximum atomic E-state index is 14.8. The van der Waals surface area contributed by atoms with E-state index in [1.165, 1.54) is 6.07 Å². The molecule has 0 spiro atoms. The largest absolute Gasteiger partial charge is 0.491 e. The summed E-state index contributed by atoms with van der Waals surface area (Å²) in [5.74, 6) is -1.82. The van der Waals surface area contributed by atoms with Gasteiger partial charge in [0.1, 0.15) is 0 Å². The normalized spacial score (nSPS) is 10.8. The highest BCUT2D eigenvalue weighted by Crippen LogP contribution is 2.29. The van der Waals surface area contributed by atoms with E-state index < -0.39 is 17.5 Å². The van der Waals surface area contributed by atoms with E-state index in [0.717, 1.165) is 22.3 Å². The summed E-state index contributed by atoms with van der Waals surface area (Å²) in [6, 6.07) is 23.0. The standard InChI is InChI=1S/C30H25F3O/c1-3-20-5-12-23(13-6-20)26-17-15-24(29(32)30(26)33)14-9-21-7-10-22(11-8-21)25-16-18-28(34-4-2)27(31)19-25/h3,5-8,10-13,15-19H,1,4,9,14H2,2H3. The predicted molar refractivity (Wildman–Crippen MR) is 132 cm³/mol. The van der Waals surface area contributed by atoms with Crippen LogP contribution in [0.4, 0.5) is 13.2 Å². The minimum Gasteiger partial charge on any atom is -0.491 e. The number of rotatable bonds is 8. The molecule has 0 bridgehead atoms. The average molecular weight is 459 g/mol. The second-order valence-corrected chi connectivity index (χ2v) is 8.00. The molecule has 0 atom stereocenters. The highest BCUT2D eigenvalue weighted by molar-refractivity contribution is 5.67. The van der Waals surface area contributed by atoms with Gasteiger partial charge >= 0.3 is 0 Å². The van der Waals surface area contributed by atoms with E-state index in [4.69, 9.17) is 4.74 Å². The van der Waals surface area contributed by atoms with Crippen LogP contribution >= 0.6 is 0 Å². The molecule has 0 heterocycles. The smallest absolute Gasteiger partial charge is 0.166 e. The number of benzene rings is 4. The second-order valence-electron chi connectivity index (χ2n) is 8.00. The minimum atomic E-state index is -0.836. The Labute approximate surface area is 198 Å². The fraction of sp³-hybridized carbons (Fsp3) is 0.133. The Bertz CT molecular complexity index is 1290. The summed E-state index contributed by atoms with van der Waals surface area (Å²) >= 11 is 0. The van der Waals surface area contributed by atoms with Crippen LogP contribution in [-0.4, -0.2) is 6.61 Å². The van der Waals surface area contributed by atoms with E-state index in [9.17, 15) is 13.2 Å². The zero-order chi connectivity index (χ0) is 24.1. The number of aryl methyl sites for hydroxylation is 2. The van der Waals surface area contributed by atoms with Crippen LogP contribution in [0.2, 0.25) is 0 Å². The Kier molecular flexibility index (Phi) is 7.17. The SMILES string of the molecule is C=Cc1ccc(-c2ccc(CCc3ccc(-c4ccc(OCC)c(F)c4)cc3)c(F)c2F)cc1. The van der Waals surface area contributed by atoms with Gasteiger partial charge in [0, 0.05) is 5.56 Å². The minimum absolute atomic E-state index is 0.233. The third kappa shape index (κ3) is 5.07. The van der Waals surface area contributed by atoms with Gasteiger partial charge in [0.25, 0.3) is 0 Å². The van der Waals surface area contributed by atoms with Gasteiger partial charge < -0.3 is 4.74 Å². The molecule has 0 saturated heterocycles. The van der Waals surface area contributed by atoms with Gasteiger partial charge in [-0.1, -0.05) is 79.4 Å². The highest BCUT2D eigenvalue weighted by atomic mass is 19.2. The summed E-state index contributed by atoms with van der Waals surface area (Å²) in [6.45, 7) is 5.91. The fourth-order valence-corrected chi connectivity index (χ4v) is 3.90. The first-order valence-corrected chi connectivity index (χ1v) is 11.2. The Morgan fingerprint density at radius 3 is 2.06 bits per heavy atom. The van der Waals surface area contributed by atoms with Crippen molar-refractivity contribution in [1.29, 1.82) is 0 Å². The van der Waals surface area contributed by atoms with Crippen LogP contribution in [-0.2, 0) is 12.8 Å². The molecule has 0 aliphatic carbocycles. The predicted octanol–water partition coefficient (Wildman–Crippen LogP) is 8.26. The van der Waals surface area contributed by atoms with Crippen LogP contribution in [0, 0.1) is 17.5 Å². The molecule has 0 unspecified atom stereocenters. The van der Waals surface area contributed by atoms with E-state index in [-0.39, 0.29) is 11.3 Å². The van der Waals surface area contributed by atoms with Gasteiger partial charge in [-0.2, -0.15) is 0 Å². The van der Waals surface area contributed by atoms with Crippen LogP contribution in [0.1, 0.15) is 23.6 Å². The van der Waals surface area contributed by atoms with Gasteiger partial charge in [-0.25, -0.2) is 13.2 Å². The molecule has 4 aromatic rings. The molecule has 0 aliphatic heterocycles. The molecular weight excluding hydrogens is 433 g/mol. The number of halogens is 3. The van der Waals surface area contributed by atoms with E-state index in [0.29, 0.717) is 30.6 Å². The average Bonchev–Trinajstić information content (AvgIpc) is 2.87. The molecule has 4 rings (SSSR count). The zero-order valence-corrected chi connectivity index (χ0v) is 19.0. The zero-order valence-electron chi connectivity index (χ0n) is 19.0. The molecule has 0 N–H and O–H groups in total. The maximum Gasteiger partial charge on any atom is 0.166 e. The third-order valence-corrected chi connectivity index (χ3v) is 5.82. The second kappa shape index (κ2) is 10.4. The van der Waals surface area contributed by atoms with E-state index in [2.05, 4.69) is 6.58 Å². The first-order chi connectivity index (χ1) is 16.5. The van der Waals surface area contributed by atoms with Crippen molar-refractivity contribution in [3.8, 4) is 28.0 Å². The topological polar surface area (TPSA) is 9.23 Å². The Morgan fingerprint density at radius 1 is 0.735 bits per heavy atom. The van der Waals surface area contributed by atoms with E-state index in [1.54, 1.807) is 36.4 Å². The van der Waals surface area contributed by atoms with Gasteiger partial charge in [-0.3, -0.25) is 0 Å². The van der Waals surface area contributed by atoms with Gasteiger partial charge in [-0.05, 0) is 65.3 Å². The van der Waals surface area contributed by atoms with Gasteiger partial charge in [0.2, 0.25) is 0 Å². The molecule has 1 nitrogen and oxygen atoms in total. The van der Waals surface area contributed by atoms with Crippen LogP contribution < -0.4 is 4.74 Å². The first kappa shape index (κ1) is 23.4. The highest BCUT2D eigenvalue weighted by Gasteiger charge is 2.15. The van der Waals surface area contributed by atoms with Crippen LogP contribution in [0.25, 0.3) is 28.3 Å². The number of hydrogen-bond acceptors (Lipinski definition) is 1. The van der Waals surface area contributed by atoms with Crippen molar-refractivity contribution < 1.29 is 17.9 Å². The fourth-order valence-electron chi connectivity index (χ4n) is 3.90. The monoisotopic (exact) mass is 458 g/mol. The molecule has 4 aromatic carbocycles. The number of ether oxygens (including phenoxy) is 1.